The van der Waals surface area contributed by atoms with Gasteiger partial charge < -0.3 is 9.64 Å². The molecular weight excluding hydrogens is 372 g/mol. The average Bonchev–Trinajstić information content (AvgIpc) is 2.95. The molecule has 26 heavy (non-hydrogen) atoms. The number of ether oxygens (including phenoxy) is 1. The summed E-state index contributed by atoms with van der Waals surface area (Å²) in [5, 5.41) is 5.00. The third-order valence-corrected chi connectivity index (χ3v) is 4.60. The molecule has 9 nitrogen and oxygen atoms in total. The number of carbonyl (C=O) groups excluding carboxylic acids is 1. The molecule has 1 saturated heterocycles. The molecule has 3 heterocycles. The van der Waals surface area contributed by atoms with Crippen molar-refractivity contribution in [3.8, 4) is 0 Å². The molecule has 1 aromatic heterocycles. The number of nitrogens with one attached hydrogen (secondary N) is 1. The van der Waals surface area contributed by atoms with Crippen LogP contribution in [0.15, 0.2) is 28.5 Å². The average molecular weight is 387 g/mol. The Balaban J connectivity index is 2.01. The minimum absolute atomic E-state index is 0.0452. The molecule has 2 aliphatic rings. The molecule has 0 aromatic carbocycles. The second kappa shape index (κ2) is 6.70. The maximum absolute atomic E-state index is 14.1. The van der Waals surface area contributed by atoms with Crippen molar-refractivity contribution in [2.45, 2.75) is 12.5 Å². The number of nitrogens with two attached hydrogens (primary N) is 1. The summed E-state index contributed by atoms with van der Waals surface area (Å²) in [5.41, 5.74) is 0.440. The van der Waals surface area contributed by atoms with Crippen molar-refractivity contribution >= 4 is 22.0 Å². The number of amidine groups is 1. The van der Waals surface area contributed by atoms with Crippen LogP contribution >= 0.6 is 0 Å². The van der Waals surface area contributed by atoms with Crippen molar-refractivity contribution in [3.63, 3.8) is 0 Å². The Morgan fingerprint density at radius 2 is 2.19 bits per heavy atom. The Morgan fingerprint density at radius 3 is 2.81 bits per heavy atom. The second-order valence-electron chi connectivity index (χ2n) is 5.72. The minimum atomic E-state index is -3.98. The van der Waals surface area contributed by atoms with Crippen LogP contribution in [0, 0.1) is 11.6 Å². The van der Waals surface area contributed by atoms with Crippen molar-refractivity contribution < 1.29 is 26.7 Å². The fraction of sp³-hybridized carbons (Fsp3) is 0.357. The zero-order valence-electron chi connectivity index (χ0n) is 13.6. The molecule has 1 aromatic rings. The van der Waals surface area contributed by atoms with Crippen molar-refractivity contribution in [2.75, 3.05) is 20.2 Å². The largest absolute Gasteiger partial charge is 0.466 e. The zero-order valence-corrected chi connectivity index (χ0v) is 14.4. The number of methoxy groups -OCH3 is 1. The van der Waals surface area contributed by atoms with Gasteiger partial charge in [-0.15, -0.1) is 0 Å². The van der Waals surface area contributed by atoms with Gasteiger partial charge in [-0.25, -0.2) is 23.7 Å². The van der Waals surface area contributed by atoms with E-state index in [1.807, 2.05) is 0 Å². The third kappa shape index (κ3) is 3.57. The summed E-state index contributed by atoms with van der Waals surface area (Å²) in [7, 11) is -2.78. The number of nitrogens with zero attached hydrogens (tertiary/aromatic N) is 3. The Hall–Kier alpha value is -2.44. The SMILES string of the molecule is COC(=O)C1=C2C[C@H](NS(N)(=O)=O)CN2C(c2ncc(F)cc2F)=NC1. The maximum atomic E-state index is 14.1. The number of esters is 1. The van der Waals surface area contributed by atoms with Crippen LogP contribution in [-0.2, 0) is 19.7 Å². The summed E-state index contributed by atoms with van der Waals surface area (Å²) in [6, 6.07) is 0.00620. The lowest BCUT2D eigenvalue weighted by molar-refractivity contribution is -0.136. The Morgan fingerprint density at radius 1 is 1.46 bits per heavy atom. The molecule has 0 unspecified atom stereocenters. The lowest BCUT2D eigenvalue weighted by Gasteiger charge is -2.27. The minimum Gasteiger partial charge on any atom is -0.466 e. The monoisotopic (exact) mass is 387 g/mol. The summed E-state index contributed by atoms with van der Waals surface area (Å²) < 4.78 is 56.8. The van der Waals surface area contributed by atoms with Crippen LogP contribution < -0.4 is 9.86 Å². The number of fused-ring (bicyclic) bond motifs is 1. The van der Waals surface area contributed by atoms with Crippen LogP contribution in [0.3, 0.4) is 0 Å². The van der Waals surface area contributed by atoms with E-state index in [2.05, 4.69) is 14.7 Å². The summed E-state index contributed by atoms with van der Waals surface area (Å²) in [5.74, 6) is -2.32. The molecule has 0 saturated carbocycles. The fourth-order valence-electron chi connectivity index (χ4n) is 2.97. The van der Waals surface area contributed by atoms with Gasteiger partial charge in [-0.3, -0.25) is 4.99 Å². The Kier molecular flexibility index (Phi) is 4.73. The van der Waals surface area contributed by atoms with Gasteiger partial charge in [-0.2, -0.15) is 13.1 Å². The Bertz CT molecular complexity index is 931. The van der Waals surface area contributed by atoms with Crippen LogP contribution in [-0.4, -0.2) is 56.3 Å². The molecule has 1 fully saturated rings. The molecule has 140 valence electrons. The summed E-state index contributed by atoms with van der Waals surface area (Å²) in [6.45, 7) is -0.0575. The van der Waals surface area contributed by atoms with E-state index in [1.165, 1.54) is 12.0 Å². The molecule has 0 radical (unpaired) electrons. The fourth-order valence-corrected chi connectivity index (χ4v) is 3.59. The third-order valence-electron chi connectivity index (χ3n) is 3.94. The molecule has 0 bridgehead atoms. The molecule has 0 amide bonds. The topological polar surface area (TPSA) is 127 Å². The number of aliphatic imine (C=N–C) groups is 1. The van der Waals surface area contributed by atoms with Crippen molar-refractivity contribution in [2.24, 2.45) is 10.1 Å². The van der Waals surface area contributed by atoms with Gasteiger partial charge in [0.25, 0.3) is 10.2 Å². The molecular formula is C14H15F2N5O4S. The first-order valence-electron chi connectivity index (χ1n) is 7.43. The normalized spacial score (nSPS) is 20.1. The number of carbonyl (C=O) groups is 1. The number of pyridine rings is 1. The van der Waals surface area contributed by atoms with Gasteiger partial charge in [-0.05, 0) is 0 Å². The number of aromatic nitrogens is 1. The van der Waals surface area contributed by atoms with E-state index < -0.39 is 33.9 Å². The van der Waals surface area contributed by atoms with E-state index in [0.717, 1.165) is 6.20 Å². The number of hydrogen-bond acceptors (Lipinski definition) is 7. The maximum Gasteiger partial charge on any atom is 0.337 e. The number of rotatable bonds is 4. The van der Waals surface area contributed by atoms with Crippen LogP contribution in [0.1, 0.15) is 12.1 Å². The molecule has 12 heteroatoms. The highest BCUT2D eigenvalue weighted by Crippen LogP contribution is 2.31. The molecule has 0 spiro atoms. The van der Waals surface area contributed by atoms with E-state index in [0.29, 0.717) is 11.8 Å². The first-order chi connectivity index (χ1) is 12.2. The summed E-state index contributed by atoms with van der Waals surface area (Å²) >= 11 is 0. The zero-order chi connectivity index (χ0) is 19.1. The van der Waals surface area contributed by atoms with Crippen molar-refractivity contribution in [3.05, 3.63) is 40.9 Å². The highest BCUT2D eigenvalue weighted by molar-refractivity contribution is 7.87. The first kappa shape index (κ1) is 18.4. The van der Waals surface area contributed by atoms with Crippen LogP contribution in [0.4, 0.5) is 8.78 Å². The summed E-state index contributed by atoms with van der Waals surface area (Å²) in [6.07, 6.45) is 0.971. The Labute approximate surface area is 147 Å². The van der Waals surface area contributed by atoms with Gasteiger partial charge in [0.05, 0.1) is 25.4 Å². The van der Waals surface area contributed by atoms with E-state index >= 15 is 0 Å². The quantitative estimate of drug-likeness (QED) is 0.665. The lowest BCUT2D eigenvalue weighted by atomic mass is 10.1. The van der Waals surface area contributed by atoms with Gasteiger partial charge in [0.15, 0.2) is 11.7 Å². The first-order valence-corrected chi connectivity index (χ1v) is 8.98. The predicted octanol–water partition coefficient (Wildman–Crippen LogP) is -0.585. The van der Waals surface area contributed by atoms with Crippen LogP contribution in [0.2, 0.25) is 0 Å². The van der Waals surface area contributed by atoms with Gasteiger partial charge >= 0.3 is 5.97 Å². The lowest BCUT2D eigenvalue weighted by Crippen LogP contribution is -2.42. The van der Waals surface area contributed by atoms with Crippen LogP contribution in [0.25, 0.3) is 0 Å². The van der Waals surface area contributed by atoms with Gasteiger partial charge in [0.2, 0.25) is 0 Å². The molecule has 0 aliphatic carbocycles. The standard InChI is InChI=1S/C14H15F2N5O4S/c1-25-14(22)9-5-19-13(12-10(16)2-7(15)4-18-12)21-6-8(3-11(9)21)20-26(17,23)24/h2,4,8,20H,3,5-6H2,1H3,(H2,17,23,24)/t8-/m0/s1. The van der Waals surface area contributed by atoms with E-state index in [-0.39, 0.29) is 36.6 Å². The van der Waals surface area contributed by atoms with E-state index in [1.54, 1.807) is 0 Å². The van der Waals surface area contributed by atoms with Gasteiger partial charge in [-0.1, -0.05) is 0 Å². The summed E-state index contributed by atoms with van der Waals surface area (Å²) in [4.78, 5) is 21.3. The smallest absolute Gasteiger partial charge is 0.337 e. The highest BCUT2D eigenvalue weighted by Gasteiger charge is 2.39. The highest BCUT2D eigenvalue weighted by atomic mass is 32.2. The second-order valence-corrected chi connectivity index (χ2v) is 7.04. The van der Waals surface area contributed by atoms with Crippen molar-refractivity contribution in [1.29, 1.82) is 0 Å². The molecule has 3 rings (SSSR count). The van der Waals surface area contributed by atoms with Gasteiger partial charge in [0.1, 0.15) is 11.5 Å². The van der Waals surface area contributed by atoms with E-state index in [4.69, 9.17) is 9.88 Å². The molecule has 1 atom stereocenters. The number of hydrogen-bond donors (Lipinski definition) is 2. The van der Waals surface area contributed by atoms with E-state index in [9.17, 15) is 22.0 Å². The van der Waals surface area contributed by atoms with Crippen LogP contribution in [0.5, 0.6) is 0 Å². The molecule has 2 aliphatic heterocycles. The van der Waals surface area contributed by atoms with Crippen molar-refractivity contribution in [1.82, 2.24) is 14.6 Å². The predicted molar refractivity (Wildman–Crippen MR) is 86.0 cm³/mol. The van der Waals surface area contributed by atoms with Gasteiger partial charge in [0, 0.05) is 30.8 Å². The molecule has 3 N–H and O–H groups in total. The number of halogens is 2.